The van der Waals surface area contributed by atoms with E-state index in [1.165, 1.54) is 29.7 Å². The molecule has 30 heavy (non-hydrogen) atoms. The van der Waals surface area contributed by atoms with Gasteiger partial charge in [0.2, 0.25) is 5.88 Å². The third-order valence-corrected chi connectivity index (χ3v) is 5.00. The number of aliphatic hydroxyl groups excluding tert-OH is 1. The molecule has 0 saturated heterocycles. The van der Waals surface area contributed by atoms with E-state index in [4.69, 9.17) is 9.84 Å². The summed E-state index contributed by atoms with van der Waals surface area (Å²) < 4.78 is 44.0. The zero-order valence-corrected chi connectivity index (χ0v) is 16.8. The summed E-state index contributed by atoms with van der Waals surface area (Å²) in [6.45, 7) is 3.24. The van der Waals surface area contributed by atoms with Crippen molar-refractivity contribution in [1.82, 2.24) is 15.3 Å². The van der Waals surface area contributed by atoms with Crippen LogP contribution in [0.25, 0.3) is 10.6 Å². The van der Waals surface area contributed by atoms with Crippen LogP contribution in [-0.4, -0.2) is 33.6 Å². The quantitative estimate of drug-likeness (QED) is 0.596. The Balaban J connectivity index is 1.94. The van der Waals surface area contributed by atoms with Crippen LogP contribution in [0.5, 0.6) is 11.6 Å². The Morgan fingerprint density at radius 3 is 2.57 bits per heavy atom. The van der Waals surface area contributed by atoms with Crippen LogP contribution < -0.4 is 10.1 Å². The molecule has 0 aliphatic carbocycles. The minimum absolute atomic E-state index is 0.107. The zero-order chi connectivity index (χ0) is 21.9. The average molecular weight is 437 g/mol. The van der Waals surface area contributed by atoms with Crippen molar-refractivity contribution in [2.24, 2.45) is 0 Å². The fourth-order valence-electron chi connectivity index (χ4n) is 2.46. The van der Waals surface area contributed by atoms with E-state index in [0.717, 1.165) is 17.8 Å². The van der Waals surface area contributed by atoms with E-state index >= 15 is 0 Å². The molecular formula is C20H18F3N3O3S. The first kappa shape index (κ1) is 21.7. The third-order valence-electron chi connectivity index (χ3n) is 4.01. The van der Waals surface area contributed by atoms with Crippen molar-refractivity contribution in [3.05, 3.63) is 58.7 Å². The van der Waals surface area contributed by atoms with Crippen LogP contribution in [0.1, 0.15) is 28.5 Å². The molecular weight excluding hydrogens is 419 g/mol. The van der Waals surface area contributed by atoms with Crippen molar-refractivity contribution in [1.29, 1.82) is 0 Å². The van der Waals surface area contributed by atoms with Gasteiger partial charge >= 0.3 is 6.18 Å². The van der Waals surface area contributed by atoms with Gasteiger partial charge in [0.05, 0.1) is 23.3 Å². The molecule has 6 nitrogen and oxygen atoms in total. The number of aryl methyl sites for hydroxylation is 1. The van der Waals surface area contributed by atoms with Crippen LogP contribution in [0.15, 0.2) is 41.9 Å². The topological polar surface area (TPSA) is 84.3 Å². The molecule has 3 aromatic rings. The van der Waals surface area contributed by atoms with Gasteiger partial charge in [0, 0.05) is 23.3 Å². The van der Waals surface area contributed by atoms with E-state index in [-0.39, 0.29) is 23.8 Å². The lowest BCUT2D eigenvalue weighted by Crippen LogP contribution is -2.35. The van der Waals surface area contributed by atoms with Crippen LogP contribution in [0.4, 0.5) is 13.2 Å². The van der Waals surface area contributed by atoms with Gasteiger partial charge in [-0.15, -0.1) is 11.3 Å². The number of benzene rings is 1. The molecule has 0 radical (unpaired) electrons. The number of halogens is 3. The number of hydrogen-bond donors (Lipinski definition) is 2. The first-order valence-electron chi connectivity index (χ1n) is 8.86. The number of nitrogens with one attached hydrogen (secondary N) is 1. The zero-order valence-electron chi connectivity index (χ0n) is 16.0. The Labute approximate surface area is 174 Å². The molecule has 1 amide bonds. The molecule has 0 aliphatic heterocycles. The Morgan fingerprint density at radius 2 is 2.00 bits per heavy atom. The van der Waals surface area contributed by atoms with E-state index in [0.29, 0.717) is 10.6 Å². The van der Waals surface area contributed by atoms with Gasteiger partial charge in [0.1, 0.15) is 10.8 Å². The van der Waals surface area contributed by atoms with Gasteiger partial charge < -0.3 is 15.2 Å². The van der Waals surface area contributed by atoms with E-state index < -0.39 is 23.7 Å². The van der Waals surface area contributed by atoms with Crippen molar-refractivity contribution >= 4 is 17.2 Å². The molecule has 1 aromatic carbocycles. The molecule has 10 heteroatoms. The Bertz CT molecular complexity index is 1040. The second-order valence-electron chi connectivity index (χ2n) is 6.55. The van der Waals surface area contributed by atoms with Crippen molar-refractivity contribution in [2.75, 3.05) is 6.61 Å². The van der Waals surface area contributed by atoms with Gasteiger partial charge in [-0.05, 0) is 44.2 Å². The molecule has 3 rings (SSSR count). The second kappa shape index (κ2) is 8.80. The summed E-state index contributed by atoms with van der Waals surface area (Å²) in [5.74, 6) is -0.161. The fraction of sp³-hybridized carbons (Fsp3) is 0.250. The maximum absolute atomic E-state index is 12.8. The van der Waals surface area contributed by atoms with Gasteiger partial charge in [-0.1, -0.05) is 0 Å². The summed E-state index contributed by atoms with van der Waals surface area (Å²) in [7, 11) is 0. The SMILES string of the molecule is Cc1csc(-c2cc(C(=O)N[C@H](C)CO)cnc2Oc2ccc(C(F)(F)F)cc2)n1. The Morgan fingerprint density at radius 1 is 1.30 bits per heavy atom. The number of thiazole rings is 1. The number of ether oxygens (including phenoxy) is 1. The molecule has 0 aliphatic rings. The van der Waals surface area contributed by atoms with Crippen molar-refractivity contribution < 1.29 is 27.8 Å². The number of nitrogens with zero attached hydrogens (tertiary/aromatic N) is 2. The number of aliphatic hydroxyl groups is 1. The molecule has 2 N–H and O–H groups in total. The van der Waals surface area contributed by atoms with Gasteiger partial charge in [0.25, 0.3) is 5.91 Å². The summed E-state index contributed by atoms with van der Waals surface area (Å²) in [5, 5.41) is 14.1. The normalized spacial score (nSPS) is 12.5. The predicted octanol–water partition coefficient (Wildman–Crippen LogP) is 4.44. The summed E-state index contributed by atoms with van der Waals surface area (Å²) >= 11 is 1.32. The van der Waals surface area contributed by atoms with Crippen molar-refractivity contribution in [3.8, 4) is 22.2 Å². The number of aromatic nitrogens is 2. The summed E-state index contributed by atoms with van der Waals surface area (Å²) in [6.07, 6.45) is -3.15. The highest BCUT2D eigenvalue weighted by molar-refractivity contribution is 7.13. The number of carbonyl (C=O) groups excluding carboxylic acids is 1. The van der Waals surface area contributed by atoms with Gasteiger partial charge in [-0.2, -0.15) is 13.2 Å². The molecule has 0 spiro atoms. The van der Waals surface area contributed by atoms with E-state index in [2.05, 4.69) is 15.3 Å². The van der Waals surface area contributed by atoms with Crippen LogP contribution in [-0.2, 0) is 6.18 Å². The smallest absolute Gasteiger partial charge is 0.416 e. The Hall–Kier alpha value is -2.98. The summed E-state index contributed by atoms with van der Waals surface area (Å²) in [6, 6.07) is 5.34. The summed E-state index contributed by atoms with van der Waals surface area (Å²) in [5.41, 5.74) is 0.637. The lowest BCUT2D eigenvalue weighted by Gasteiger charge is -2.13. The molecule has 0 saturated carbocycles. The van der Waals surface area contributed by atoms with E-state index in [1.54, 1.807) is 13.0 Å². The predicted molar refractivity (Wildman–Crippen MR) is 106 cm³/mol. The van der Waals surface area contributed by atoms with Crippen LogP contribution in [0.2, 0.25) is 0 Å². The molecule has 0 bridgehead atoms. The fourth-order valence-corrected chi connectivity index (χ4v) is 3.27. The van der Waals surface area contributed by atoms with Gasteiger partial charge in [-0.25, -0.2) is 9.97 Å². The molecule has 0 unspecified atom stereocenters. The maximum atomic E-state index is 12.8. The minimum atomic E-state index is -4.44. The van der Waals surface area contributed by atoms with Gasteiger partial charge in [-0.3, -0.25) is 4.79 Å². The number of carbonyl (C=O) groups is 1. The molecule has 2 heterocycles. The first-order valence-corrected chi connectivity index (χ1v) is 9.74. The Kier molecular flexibility index (Phi) is 6.37. The van der Waals surface area contributed by atoms with E-state index in [9.17, 15) is 18.0 Å². The molecule has 0 fully saturated rings. The number of rotatable bonds is 6. The molecule has 1 atom stereocenters. The highest BCUT2D eigenvalue weighted by Gasteiger charge is 2.30. The van der Waals surface area contributed by atoms with Crippen LogP contribution in [0.3, 0.4) is 0 Å². The number of pyridine rings is 1. The molecule has 158 valence electrons. The van der Waals surface area contributed by atoms with Crippen molar-refractivity contribution in [2.45, 2.75) is 26.1 Å². The van der Waals surface area contributed by atoms with Crippen LogP contribution in [0, 0.1) is 6.92 Å². The standard InChI is InChI=1S/C20H18F3N3O3S/c1-11(9-27)25-17(28)13-7-16(19-26-12(2)10-30-19)18(24-8-13)29-15-5-3-14(4-6-15)20(21,22)23/h3-8,10-11,27H,9H2,1-2H3,(H,25,28)/t11-/m1/s1. The highest BCUT2D eigenvalue weighted by atomic mass is 32.1. The third kappa shape index (κ3) is 5.14. The lowest BCUT2D eigenvalue weighted by molar-refractivity contribution is -0.137. The van der Waals surface area contributed by atoms with Crippen molar-refractivity contribution in [3.63, 3.8) is 0 Å². The number of hydrogen-bond acceptors (Lipinski definition) is 6. The first-order chi connectivity index (χ1) is 14.2. The highest BCUT2D eigenvalue weighted by Crippen LogP contribution is 2.35. The number of alkyl halides is 3. The van der Waals surface area contributed by atoms with Crippen LogP contribution >= 0.6 is 11.3 Å². The van der Waals surface area contributed by atoms with Gasteiger partial charge in [0.15, 0.2) is 0 Å². The minimum Gasteiger partial charge on any atom is -0.438 e. The number of amides is 1. The maximum Gasteiger partial charge on any atom is 0.416 e. The second-order valence-corrected chi connectivity index (χ2v) is 7.41. The monoisotopic (exact) mass is 437 g/mol. The molecule has 2 aromatic heterocycles. The van der Waals surface area contributed by atoms with E-state index in [1.807, 2.05) is 12.3 Å². The largest absolute Gasteiger partial charge is 0.438 e. The lowest BCUT2D eigenvalue weighted by atomic mass is 10.1. The summed E-state index contributed by atoms with van der Waals surface area (Å²) in [4.78, 5) is 20.9. The average Bonchev–Trinajstić information content (AvgIpc) is 3.14.